The molecule has 0 unspecified atom stereocenters. The first-order valence-electron chi connectivity index (χ1n) is 9.34. The average Bonchev–Trinajstić information content (AvgIpc) is 2.91. The van der Waals surface area contributed by atoms with Crippen molar-refractivity contribution in [1.82, 2.24) is 4.98 Å². The summed E-state index contributed by atoms with van der Waals surface area (Å²) in [7, 11) is 0. The topological polar surface area (TPSA) is 68.0 Å². The third kappa shape index (κ3) is 4.43. The van der Waals surface area contributed by atoms with Crippen LogP contribution in [0.4, 0.5) is 5.69 Å². The number of hydrogen-bond acceptors (Lipinski definition) is 3. The van der Waals surface area contributed by atoms with E-state index in [4.69, 9.17) is 17.3 Å². The summed E-state index contributed by atoms with van der Waals surface area (Å²) in [6.07, 6.45) is 8.64. The van der Waals surface area contributed by atoms with E-state index in [-0.39, 0.29) is 11.8 Å². The van der Waals surface area contributed by atoms with Crippen molar-refractivity contribution in [3.8, 4) is 11.1 Å². The highest BCUT2D eigenvalue weighted by Gasteiger charge is 2.25. The highest BCUT2D eigenvalue weighted by Crippen LogP contribution is 2.31. The summed E-state index contributed by atoms with van der Waals surface area (Å²) in [5.74, 6) is 0.189. The second-order valence-electron chi connectivity index (χ2n) is 7.10. The Kier molecular flexibility index (Phi) is 6.28. The Bertz CT molecular complexity index is 732. The first-order chi connectivity index (χ1) is 12.6. The Morgan fingerprint density at radius 2 is 1.81 bits per heavy atom. The van der Waals surface area contributed by atoms with Crippen LogP contribution in [0.3, 0.4) is 0 Å². The largest absolute Gasteiger partial charge is 0.325 e. The van der Waals surface area contributed by atoms with Crippen molar-refractivity contribution in [3.63, 3.8) is 0 Å². The van der Waals surface area contributed by atoms with Crippen LogP contribution in [0.5, 0.6) is 0 Å². The van der Waals surface area contributed by atoms with Gasteiger partial charge in [0.1, 0.15) is 0 Å². The lowest BCUT2D eigenvalue weighted by molar-refractivity contribution is -0.118. The summed E-state index contributed by atoms with van der Waals surface area (Å²) in [6.45, 7) is 1.93. The average molecular weight is 372 g/mol. The van der Waals surface area contributed by atoms with E-state index >= 15 is 0 Å². The van der Waals surface area contributed by atoms with Gasteiger partial charge in [-0.05, 0) is 49.4 Å². The second kappa shape index (κ2) is 8.65. The number of aryl methyl sites for hydroxylation is 1. The predicted octanol–water partition coefficient (Wildman–Crippen LogP) is 4.95. The molecular formula is C21H26ClN3O. The summed E-state index contributed by atoms with van der Waals surface area (Å²) in [6, 6.07) is 9.00. The second-order valence-corrected chi connectivity index (χ2v) is 7.50. The number of rotatable bonds is 4. The van der Waals surface area contributed by atoms with Crippen molar-refractivity contribution in [1.29, 1.82) is 0 Å². The molecule has 0 spiro atoms. The van der Waals surface area contributed by atoms with E-state index in [2.05, 4.69) is 10.3 Å². The molecule has 1 heterocycles. The van der Waals surface area contributed by atoms with Crippen LogP contribution in [0.15, 0.2) is 36.5 Å². The fourth-order valence-corrected chi connectivity index (χ4v) is 4.01. The van der Waals surface area contributed by atoms with Gasteiger partial charge in [-0.25, -0.2) is 0 Å². The van der Waals surface area contributed by atoms with E-state index < -0.39 is 6.04 Å². The van der Waals surface area contributed by atoms with Gasteiger partial charge in [-0.2, -0.15) is 0 Å². The zero-order valence-corrected chi connectivity index (χ0v) is 15.9. The number of nitrogens with one attached hydrogen (secondary N) is 1. The van der Waals surface area contributed by atoms with Crippen molar-refractivity contribution in [3.05, 3.63) is 47.2 Å². The van der Waals surface area contributed by atoms with Gasteiger partial charge in [0, 0.05) is 23.1 Å². The Morgan fingerprint density at radius 1 is 1.15 bits per heavy atom. The van der Waals surface area contributed by atoms with Gasteiger partial charge >= 0.3 is 0 Å². The summed E-state index contributed by atoms with van der Waals surface area (Å²) >= 11 is 6.30. The van der Waals surface area contributed by atoms with E-state index in [0.717, 1.165) is 35.3 Å². The number of aromatic nitrogens is 1. The molecule has 1 aromatic carbocycles. The van der Waals surface area contributed by atoms with Gasteiger partial charge in [0.2, 0.25) is 5.91 Å². The molecule has 5 heteroatoms. The third-order valence-electron chi connectivity index (χ3n) is 5.24. The quantitative estimate of drug-likeness (QED) is 0.747. The van der Waals surface area contributed by atoms with Crippen molar-refractivity contribution in [2.24, 2.45) is 11.7 Å². The number of hydrogen-bond donors (Lipinski definition) is 2. The number of anilines is 1. The fourth-order valence-electron chi connectivity index (χ4n) is 3.71. The Morgan fingerprint density at radius 3 is 2.42 bits per heavy atom. The number of nitrogens with two attached hydrogens (primary N) is 1. The molecule has 0 saturated heterocycles. The molecule has 1 aromatic heterocycles. The van der Waals surface area contributed by atoms with Gasteiger partial charge in [0.15, 0.2) is 0 Å². The first-order valence-corrected chi connectivity index (χ1v) is 9.72. The van der Waals surface area contributed by atoms with Gasteiger partial charge in [-0.1, -0.05) is 49.4 Å². The normalized spacial score (nSPS) is 16.7. The number of benzene rings is 1. The molecule has 1 amide bonds. The first kappa shape index (κ1) is 18.9. The zero-order chi connectivity index (χ0) is 18.5. The van der Waals surface area contributed by atoms with E-state index in [0.29, 0.717) is 5.02 Å². The van der Waals surface area contributed by atoms with Gasteiger partial charge < -0.3 is 11.1 Å². The highest BCUT2D eigenvalue weighted by molar-refractivity contribution is 6.33. The number of pyridine rings is 1. The van der Waals surface area contributed by atoms with Crippen LogP contribution in [0.25, 0.3) is 11.1 Å². The molecule has 4 nitrogen and oxygen atoms in total. The summed E-state index contributed by atoms with van der Waals surface area (Å²) in [4.78, 5) is 16.8. The van der Waals surface area contributed by atoms with Crippen LogP contribution < -0.4 is 11.1 Å². The maximum absolute atomic E-state index is 12.5. The summed E-state index contributed by atoms with van der Waals surface area (Å²) in [5, 5.41) is 3.63. The Balaban J connectivity index is 1.68. The number of halogens is 1. The van der Waals surface area contributed by atoms with Crippen molar-refractivity contribution >= 4 is 23.2 Å². The zero-order valence-electron chi connectivity index (χ0n) is 15.2. The van der Waals surface area contributed by atoms with Crippen LogP contribution in [0.2, 0.25) is 5.02 Å². The molecule has 138 valence electrons. The molecule has 0 bridgehead atoms. The van der Waals surface area contributed by atoms with Crippen molar-refractivity contribution in [2.45, 2.75) is 51.5 Å². The summed E-state index contributed by atoms with van der Waals surface area (Å²) in [5.41, 5.74) is 9.76. The minimum atomic E-state index is -0.442. The maximum Gasteiger partial charge on any atom is 0.241 e. The fraction of sp³-hybridized carbons (Fsp3) is 0.429. The molecule has 3 N–H and O–H groups in total. The van der Waals surface area contributed by atoms with Crippen LogP contribution in [-0.4, -0.2) is 16.9 Å². The van der Waals surface area contributed by atoms with E-state index in [1.54, 1.807) is 12.3 Å². The Labute approximate surface area is 160 Å². The lowest BCUT2D eigenvalue weighted by Gasteiger charge is -2.21. The molecule has 0 aliphatic heterocycles. The lowest BCUT2D eigenvalue weighted by Crippen LogP contribution is -2.41. The van der Waals surface area contributed by atoms with E-state index in [9.17, 15) is 4.79 Å². The molecule has 26 heavy (non-hydrogen) atoms. The number of nitrogens with zero attached hydrogens (tertiary/aromatic N) is 1. The minimum absolute atomic E-state index is 0.0970. The standard InChI is InChI=1S/C21H26ClN3O/c1-14-19(18(22)12-13-24-14)15-8-10-17(11-9-15)25-21(26)20(23)16-6-4-2-3-5-7-16/h8-13,16,20H,2-7,23H2,1H3,(H,25,26)/t20-/m0/s1. The van der Waals surface area contributed by atoms with Gasteiger partial charge in [-0.15, -0.1) is 0 Å². The van der Waals surface area contributed by atoms with Crippen LogP contribution in [-0.2, 0) is 4.79 Å². The molecule has 0 radical (unpaired) electrons. The van der Waals surface area contributed by atoms with Crippen LogP contribution >= 0.6 is 11.6 Å². The minimum Gasteiger partial charge on any atom is -0.325 e. The number of amides is 1. The van der Waals surface area contributed by atoms with E-state index in [1.807, 2.05) is 31.2 Å². The van der Waals surface area contributed by atoms with Crippen molar-refractivity contribution < 1.29 is 4.79 Å². The smallest absolute Gasteiger partial charge is 0.241 e. The molecule has 1 aliphatic carbocycles. The molecule has 1 saturated carbocycles. The SMILES string of the molecule is Cc1nccc(Cl)c1-c1ccc(NC(=O)[C@@H](N)C2CCCCCC2)cc1. The molecule has 3 rings (SSSR count). The maximum atomic E-state index is 12.5. The monoisotopic (exact) mass is 371 g/mol. The van der Waals surface area contributed by atoms with Crippen LogP contribution in [0.1, 0.15) is 44.2 Å². The predicted molar refractivity (Wildman–Crippen MR) is 107 cm³/mol. The van der Waals surface area contributed by atoms with Gasteiger partial charge in [-0.3, -0.25) is 9.78 Å². The Hall–Kier alpha value is -1.91. The number of carbonyl (C=O) groups is 1. The molecule has 2 aromatic rings. The van der Waals surface area contributed by atoms with E-state index in [1.165, 1.54) is 25.7 Å². The van der Waals surface area contributed by atoms with Gasteiger partial charge in [0.05, 0.1) is 11.1 Å². The molecular weight excluding hydrogens is 346 g/mol. The number of carbonyl (C=O) groups excluding carboxylic acids is 1. The van der Waals surface area contributed by atoms with Gasteiger partial charge in [0.25, 0.3) is 0 Å². The molecule has 1 aliphatic rings. The summed E-state index contributed by atoms with van der Waals surface area (Å²) < 4.78 is 0. The highest BCUT2D eigenvalue weighted by atomic mass is 35.5. The molecule has 1 atom stereocenters. The third-order valence-corrected chi connectivity index (χ3v) is 5.56. The molecule has 1 fully saturated rings. The van der Waals surface area contributed by atoms with Crippen molar-refractivity contribution in [2.75, 3.05) is 5.32 Å². The van der Waals surface area contributed by atoms with Crippen LogP contribution in [0, 0.1) is 12.8 Å². The lowest BCUT2D eigenvalue weighted by atomic mass is 9.92.